The van der Waals surface area contributed by atoms with Crippen LogP contribution in [-0.2, 0) is 6.42 Å². The minimum Gasteiger partial charge on any atom is -0.370 e. The molecule has 18 heavy (non-hydrogen) atoms. The highest BCUT2D eigenvalue weighted by molar-refractivity contribution is 5.49. The van der Waals surface area contributed by atoms with Gasteiger partial charge in [-0.25, -0.2) is 9.97 Å². The van der Waals surface area contributed by atoms with Gasteiger partial charge < -0.3 is 10.2 Å². The van der Waals surface area contributed by atoms with E-state index in [4.69, 9.17) is 0 Å². The lowest BCUT2D eigenvalue weighted by Crippen LogP contribution is -2.24. The van der Waals surface area contributed by atoms with Gasteiger partial charge in [-0.1, -0.05) is 20.8 Å². The van der Waals surface area contributed by atoms with Crippen molar-refractivity contribution in [1.29, 1.82) is 0 Å². The Morgan fingerprint density at radius 3 is 2.56 bits per heavy atom. The predicted molar refractivity (Wildman–Crippen MR) is 78.3 cm³/mol. The molecule has 1 aromatic rings. The summed E-state index contributed by atoms with van der Waals surface area (Å²) in [6.45, 7) is 10.6. The SMILES string of the molecule is CCCc1nc(NCC)cc(N(C)CC(C)C)n1. The van der Waals surface area contributed by atoms with Crippen LogP contribution in [-0.4, -0.2) is 30.1 Å². The maximum Gasteiger partial charge on any atom is 0.134 e. The van der Waals surface area contributed by atoms with Crippen molar-refractivity contribution in [1.82, 2.24) is 9.97 Å². The molecule has 0 aliphatic carbocycles. The van der Waals surface area contributed by atoms with Gasteiger partial charge in [0.25, 0.3) is 0 Å². The molecule has 1 aromatic heterocycles. The Balaban J connectivity index is 2.94. The first-order valence-corrected chi connectivity index (χ1v) is 6.89. The van der Waals surface area contributed by atoms with Gasteiger partial charge >= 0.3 is 0 Å². The van der Waals surface area contributed by atoms with Gasteiger partial charge in [0.2, 0.25) is 0 Å². The molecule has 0 aromatic carbocycles. The Hall–Kier alpha value is -1.32. The Bertz CT molecular complexity index is 339. The normalized spacial score (nSPS) is 10.8. The fourth-order valence-electron chi connectivity index (χ4n) is 1.93. The van der Waals surface area contributed by atoms with Gasteiger partial charge in [0.15, 0.2) is 0 Å². The summed E-state index contributed by atoms with van der Waals surface area (Å²) in [5.41, 5.74) is 0. The van der Waals surface area contributed by atoms with Crippen molar-refractivity contribution >= 4 is 11.6 Å². The number of anilines is 2. The van der Waals surface area contributed by atoms with Crippen LogP contribution < -0.4 is 10.2 Å². The molecule has 1 heterocycles. The van der Waals surface area contributed by atoms with Crippen molar-refractivity contribution in [2.24, 2.45) is 5.92 Å². The van der Waals surface area contributed by atoms with Crippen LogP contribution in [0.1, 0.15) is 39.9 Å². The van der Waals surface area contributed by atoms with E-state index in [1.165, 1.54) is 0 Å². The van der Waals surface area contributed by atoms with Crippen molar-refractivity contribution in [2.45, 2.75) is 40.5 Å². The zero-order valence-electron chi connectivity index (χ0n) is 12.3. The summed E-state index contributed by atoms with van der Waals surface area (Å²) in [6, 6.07) is 2.03. The molecule has 0 unspecified atom stereocenters. The second-order valence-electron chi connectivity index (χ2n) is 5.08. The summed E-state index contributed by atoms with van der Waals surface area (Å²) in [5, 5.41) is 3.28. The van der Waals surface area contributed by atoms with E-state index in [0.717, 1.165) is 43.4 Å². The first kappa shape index (κ1) is 14.7. The average Bonchev–Trinajstić information content (AvgIpc) is 2.28. The molecule has 1 rings (SSSR count). The van der Waals surface area contributed by atoms with Crippen molar-refractivity contribution in [3.05, 3.63) is 11.9 Å². The molecule has 0 amide bonds. The minimum absolute atomic E-state index is 0.627. The molecule has 0 spiro atoms. The van der Waals surface area contributed by atoms with Crippen LogP contribution in [0.25, 0.3) is 0 Å². The monoisotopic (exact) mass is 250 g/mol. The van der Waals surface area contributed by atoms with Gasteiger partial charge in [-0.15, -0.1) is 0 Å². The Labute approximate surface area is 111 Å². The molecule has 1 N–H and O–H groups in total. The molecule has 0 saturated heterocycles. The van der Waals surface area contributed by atoms with Crippen LogP contribution in [0.15, 0.2) is 6.07 Å². The zero-order chi connectivity index (χ0) is 13.5. The van der Waals surface area contributed by atoms with Crippen LogP contribution in [0.2, 0.25) is 0 Å². The van der Waals surface area contributed by atoms with Crippen LogP contribution in [0.5, 0.6) is 0 Å². The number of rotatable bonds is 7. The smallest absolute Gasteiger partial charge is 0.134 e. The average molecular weight is 250 g/mol. The largest absolute Gasteiger partial charge is 0.370 e. The number of aromatic nitrogens is 2. The van der Waals surface area contributed by atoms with Gasteiger partial charge in [0, 0.05) is 32.6 Å². The highest BCUT2D eigenvalue weighted by atomic mass is 15.2. The summed E-state index contributed by atoms with van der Waals surface area (Å²) in [7, 11) is 2.09. The standard InChI is InChI=1S/C14H26N4/c1-6-8-12-16-13(15-7-2)9-14(17-12)18(5)10-11(3)4/h9,11H,6-8,10H2,1-5H3,(H,15,16,17). The molecule has 0 atom stereocenters. The van der Waals surface area contributed by atoms with E-state index >= 15 is 0 Å². The number of aryl methyl sites for hydroxylation is 1. The lowest BCUT2D eigenvalue weighted by Gasteiger charge is -2.21. The molecule has 0 aliphatic heterocycles. The second-order valence-corrected chi connectivity index (χ2v) is 5.08. The fourth-order valence-corrected chi connectivity index (χ4v) is 1.93. The van der Waals surface area contributed by atoms with Gasteiger partial charge in [0.05, 0.1) is 0 Å². The topological polar surface area (TPSA) is 41.1 Å². The lowest BCUT2D eigenvalue weighted by molar-refractivity contribution is 0.632. The summed E-state index contributed by atoms with van der Waals surface area (Å²) in [6.07, 6.45) is 2.00. The van der Waals surface area contributed by atoms with Gasteiger partial charge in [-0.3, -0.25) is 0 Å². The summed E-state index contributed by atoms with van der Waals surface area (Å²) in [5.74, 6) is 3.50. The molecule has 0 fully saturated rings. The van der Waals surface area contributed by atoms with E-state index in [2.05, 4.69) is 54.9 Å². The van der Waals surface area contributed by atoms with E-state index in [9.17, 15) is 0 Å². The Kier molecular flexibility index (Phi) is 5.89. The molecular weight excluding hydrogens is 224 g/mol. The van der Waals surface area contributed by atoms with Crippen molar-refractivity contribution in [3.63, 3.8) is 0 Å². The predicted octanol–water partition coefficient (Wildman–Crippen LogP) is 2.95. The summed E-state index contributed by atoms with van der Waals surface area (Å²) < 4.78 is 0. The van der Waals surface area contributed by atoms with Gasteiger partial charge in [0.1, 0.15) is 17.5 Å². The third-order valence-corrected chi connectivity index (χ3v) is 2.62. The van der Waals surface area contributed by atoms with E-state index in [1.807, 2.05) is 6.07 Å². The maximum absolute atomic E-state index is 4.63. The van der Waals surface area contributed by atoms with E-state index in [1.54, 1.807) is 0 Å². The number of hydrogen-bond donors (Lipinski definition) is 1. The number of nitrogens with zero attached hydrogens (tertiary/aromatic N) is 3. The zero-order valence-corrected chi connectivity index (χ0v) is 12.3. The molecule has 0 saturated carbocycles. The van der Waals surface area contributed by atoms with Crippen LogP contribution in [0.3, 0.4) is 0 Å². The fraction of sp³-hybridized carbons (Fsp3) is 0.714. The highest BCUT2D eigenvalue weighted by Crippen LogP contribution is 2.16. The molecular formula is C14H26N4. The van der Waals surface area contributed by atoms with Gasteiger partial charge in [-0.05, 0) is 19.3 Å². The van der Waals surface area contributed by atoms with Crippen LogP contribution in [0.4, 0.5) is 11.6 Å². The second kappa shape index (κ2) is 7.19. The van der Waals surface area contributed by atoms with E-state index < -0.39 is 0 Å². The minimum atomic E-state index is 0.627. The van der Waals surface area contributed by atoms with Crippen molar-refractivity contribution in [3.8, 4) is 0 Å². The van der Waals surface area contributed by atoms with Gasteiger partial charge in [-0.2, -0.15) is 0 Å². The molecule has 0 bridgehead atoms. The molecule has 0 aliphatic rings. The number of nitrogens with one attached hydrogen (secondary N) is 1. The molecule has 4 heteroatoms. The highest BCUT2D eigenvalue weighted by Gasteiger charge is 2.09. The van der Waals surface area contributed by atoms with Crippen molar-refractivity contribution < 1.29 is 0 Å². The van der Waals surface area contributed by atoms with Crippen LogP contribution >= 0.6 is 0 Å². The quantitative estimate of drug-likeness (QED) is 0.808. The third-order valence-electron chi connectivity index (χ3n) is 2.62. The molecule has 0 radical (unpaired) electrons. The lowest BCUT2D eigenvalue weighted by atomic mass is 10.2. The Morgan fingerprint density at radius 1 is 1.28 bits per heavy atom. The third kappa shape index (κ3) is 4.51. The summed E-state index contributed by atoms with van der Waals surface area (Å²) in [4.78, 5) is 11.4. The van der Waals surface area contributed by atoms with Crippen molar-refractivity contribution in [2.75, 3.05) is 30.4 Å². The molecule has 4 nitrogen and oxygen atoms in total. The van der Waals surface area contributed by atoms with E-state index in [0.29, 0.717) is 5.92 Å². The summed E-state index contributed by atoms with van der Waals surface area (Å²) >= 11 is 0. The Morgan fingerprint density at radius 2 is 2.00 bits per heavy atom. The first-order chi connectivity index (χ1) is 8.56. The van der Waals surface area contributed by atoms with Crippen LogP contribution in [0, 0.1) is 5.92 Å². The van der Waals surface area contributed by atoms with E-state index in [-0.39, 0.29) is 0 Å². The first-order valence-electron chi connectivity index (χ1n) is 6.89. The maximum atomic E-state index is 4.63. The molecule has 102 valence electrons. The number of hydrogen-bond acceptors (Lipinski definition) is 4.